The lowest BCUT2D eigenvalue weighted by Crippen LogP contribution is -2.30. The third-order valence-corrected chi connectivity index (χ3v) is 4.11. The number of halogens is 1. The number of nitrogen functional groups attached to an aromatic ring is 1. The summed E-state index contributed by atoms with van der Waals surface area (Å²) in [5.41, 5.74) is 10.5. The molecule has 0 amide bonds. The number of rotatable bonds is 3. The van der Waals surface area contributed by atoms with Crippen molar-refractivity contribution in [2.75, 3.05) is 23.7 Å². The van der Waals surface area contributed by atoms with Gasteiger partial charge in [0.05, 0.1) is 11.4 Å². The minimum Gasteiger partial charge on any atom is -0.397 e. The molecule has 2 nitrogen and oxygen atoms in total. The number of nitrogens with zero attached hydrogens (tertiary/aromatic N) is 1. The van der Waals surface area contributed by atoms with E-state index in [0.717, 1.165) is 36.4 Å². The van der Waals surface area contributed by atoms with Crippen molar-refractivity contribution in [1.29, 1.82) is 0 Å². The molecule has 0 bridgehead atoms. The molecule has 2 N–H and O–H groups in total. The molecule has 21 heavy (non-hydrogen) atoms. The van der Waals surface area contributed by atoms with Gasteiger partial charge in [-0.25, -0.2) is 4.39 Å². The van der Waals surface area contributed by atoms with E-state index in [1.807, 2.05) is 18.2 Å². The number of nitrogens with two attached hydrogens (primary N) is 1. The van der Waals surface area contributed by atoms with Gasteiger partial charge in [0.15, 0.2) is 0 Å². The summed E-state index contributed by atoms with van der Waals surface area (Å²) in [6.45, 7) is 2.20. The molecule has 110 valence electrons. The van der Waals surface area contributed by atoms with Crippen LogP contribution in [0.25, 0.3) is 0 Å². The lowest BCUT2D eigenvalue weighted by atomic mass is 10.0. The van der Waals surface area contributed by atoms with Crippen LogP contribution in [0.4, 0.5) is 15.8 Å². The summed E-state index contributed by atoms with van der Waals surface area (Å²) in [4.78, 5) is 2.38. The van der Waals surface area contributed by atoms with E-state index >= 15 is 0 Å². The average molecular weight is 284 g/mol. The molecule has 2 aromatic rings. The SMILES string of the molecule is Nc1cc(Cc2ccc(F)cc2)ccc1N1CCCCC1. The molecule has 0 unspecified atom stereocenters. The molecular formula is C18H21FN2. The summed E-state index contributed by atoms with van der Waals surface area (Å²) in [6, 6.07) is 13.0. The van der Waals surface area contributed by atoms with Crippen LogP contribution in [0.3, 0.4) is 0 Å². The third kappa shape index (κ3) is 3.35. The molecule has 0 saturated carbocycles. The Bertz CT molecular complexity index is 601. The standard InChI is InChI=1S/C18H21FN2/c19-16-7-4-14(5-8-16)12-15-6-9-18(17(20)13-15)21-10-2-1-3-11-21/h4-9,13H,1-3,10-12,20H2. The Labute approximate surface area is 125 Å². The molecule has 1 fully saturated rings. The van der Waals surface area contributed by atoms with Crippen LogP contribution in [0.15, 0.2) is 42.5 Å². The van der Waals surface area contributed by atoms with E-state index in [0.29, 0.717) is 0 Å². The molecular weight excluding hydrogens is 263 g/mol. The lowest BCUT2D eigenvalue weighted by Gasteiger charge is -2.30. The fourth-order valence-electron chi connectivity index (χ4n) is 2.97. The molecule has 2 aromatic carbocycles. The number of hydrogen-bond donors (Lipinski definition) is 1. The first-order chi connectivity index (χ1) is 10.2. The first kappa shape index (κ1) is 13.9. The zero-order chi connectivity index (χ0) is 14.7. The molecule has 1 aliphatic rings. The van der Waals surface area contributed by atoms with Crippen molar-refractivity contribution < 1.29 is 4.39 Å². The monoisotopic (exact) mass is 284 g/mol. The first-order valence-electron chi connectivity index (χ1n) is 7.60. The highest BCUT2D eigenvalue weighted by Gasteiger charge is 2.13. The van der Waals surface area contributed by atoms with Crippen molar-refractivity contribution in [3.8, 4) is 0 Å². The Kier molecular flexibility index (Phi) is 4.09. The Morgan fingerprint density at radius 1 is 0.905 bits per heavy atom. The van der Waals surface area contributed by atoms with Gasteiger partial charge in [-0.15, -0.1) is 0 Å². The van der Waals surface area contributed by atoms with Crippen LogP contribution < -0.4 is 10.6 Å². The summed E-state index contributed by atoms with van der Waals surface area (Å²) < 4.78 is 12.9. The quantitative estimate of drug-likeness (QED) is 0.864. The van der Waals surface area contributed by atoms with Crippen molar-refractivity contribution in [3.05, 3.63) is 59.4 Å². The number of anilines is 2. The van der Waals surface area contributed by atoms with E-state index in [4.69, 9.17) is 5.73 Å². The van der Waals surface area contributed by atoms with Gasteiger partial charge in [0, 0.05) is 13.1 Å². The van der Waals surface area contributed by atoms with Crippen LogP contribution in [-0.4, -0.2) is 13.1 Å². The normalized spacial score (nSPS) is 15.2. The van der Waals surface area contributed by atoms with Crippen LogP contribution in [0.1, 0.15) is 30.4 Å². The molecule has 3 heteroatoms. The third-order valence-electron chi connectivity index (χ3n) is 4.11. The maximum atomic E-state index is 12.9. The molecule has 1 heterocycles. The molecule has 1 aliphatic heterocycles. The Morgan fingerprint density at radius 2 is 1.57 bits per heavy atom. The summed E-state index contributed by atoms with van der Waals surface area (Å²) in [7, 11) is 0. The highest BCUT2D eigenvalue weighted by molar-refractivity contribution is 5.68. The van der Waals surface area contributed by atoms with E-state index in [1.165, 1.54) is 37.0 Å². The first-order valence-corrected chi connectivity index (χ1v) is 7.60. The largest absolute Gasteiger partial charge is 0.397 e. The molecule has 0 atom stereocenters. The Morgan fingerprint density at radius 3 is 2.24 bits per heavy atom. The highest BCUT2D eigenvalue weighted by atomic mass is 19.1. The number of hydrogen-bond acceptors (Lipinski definition) is 2. The maximum absolute atomic E-state index is 12.9. The van der Waals surface area contributed by atoms with Crippen LogP contribution in [0.2, 0.25) is 0 Å². The zero-order valence-electron chi connectivity index (χ0n) is 12.2. The predicted octanol–water partition coefficient (Wildman–Crippen LogP) is 3.99. The lowest BCUT2D eigenvalue weighted by molar-refractivity contribution is 0.578. The Balaban J connectivity index is 1.75. The van der Waals surface area contributed by atoms with Gasteiger partial charge in [0.2, 0.25) is 0 Å². The molecule has 3 rings (SSSR count). The summed E-state index contributed by atoms with van der Waals surface area (Å²) >= 11 is 0. The van der Waals surface area contributed by atoms with Crippen LogP contribution >= 0.6 is 0 Å². The zero-order valence-corrected chi connectivity index (χ0v) is 12.2. The van der Waals surface area contributed by atoms with E-state index in [-0.39, 0.29) is 5.82 Å². The topological polar surface area (TPSA) is 29.3 Å². The molecule has 1 saturated heterocycles. The van der Waals surface area contributed by atoms with Gasteiger partial charge in [0.25, 0.3) is 0 Å². The fourth-order valence-corrected chi connectivity index (χ4v) is 2.97. The van der Waals surface area contributed by atoms with Gasteiger partial charge >= 0.3 is 0 Å². The second-order valence-corrected chi connectivity index (χ2v) is 5.74. The Hall–Kier alpha value is -2.03. The van der Waals surface area contributed by atoms with Crippen LogP contribution in [-0.2, 0) is 6.42 Å². The minimum atomic E-state index is -0.196. The van der Waals surface area contributed by atoms with E-state index in [9.17, 15) is 4.39 Å². The maximum Gasteiger partial charge on any atom is 0.123 e. The molecule has 0 radical (unpaired) electrons. The highest BCUT2D eigenvalue weighted by Crippen LogP contribution is 2.28. The van der Waals surface area contributed by atoms with Crippen molar-refractivity contribution in [2.24, 2.45) is 0 Å². The van der Waals surface area contributed by atoms with Gasteiger partial charge in [-0.1, -0.05) is 18.2 Å². The number of piperidine rings is 1. The van der Waals surface area contributed by atoms with E-state index in [2.05, 4.69) is 17.0 Å². The average Bonchev–Trinajstić information content (AvgIpc) is 2.51. The van der Waals surface area contributed by atoms with Gasteiger partial charge in [-0.05, 0) is 61.1 Å². The van der Waals surface area contributed by atoms with Crippen LogP contribution in [0, 0.1) is 5.82 Å². The van der Waals surface area contributed by atoms with Gasteiger partial charge < -0.3 is 10.6 Å². The fraction of sp³-hybridized carbons (Fsp3) is 0.333. The van der Waals surface area contributed by atoms with Crippen molar-refractivity contribution >= 4 is 11.4 Å². The minimum absolute atomic E-state index is 0.196. The van der Waals surface area contributed by atoms with Gasteiger partial charge in [-0.2, -0.15) is 0 Å². The van der Waals surface area contributed by atoms with Crippen molar-refractivity contribution in [1.82, 2.24) is 0 Å². The summed E-state index contributed by atoms with van der Waals surface area (Å²) in [6.07, 6.45) is 4.59. The van der Waals surface area contributed by atoms with Gasteiger partial charge in [-0.3, -0.25) is 0 Å². The smallest absolute Gasteiger partial charge is 0.123 e. The van der Waals surface area contributed by atoms with E-state index < -0.39 is 0 Å². The predicted molar refractivity (Wildman–Crippen MR) is 86.1 cm³/mol. The van der Waals surface area contributed by atoms with Crippen molar-refractivity contribution in [3.63, 3.8) is 0 Å². The number of benzene rings is 2. The van der Waals surface area contributed by atoms with Gasteiger partial charge in [0.1, 0.15) is 5.82 Å². The second-order valence-electron chi connectivity index (χ2n) is 5.74. The molecule has 0 spiro atoms. The van der Waals surface area contributed by atoms with Crippen molar-refractivity contribution in [2.45, 2.75) is 25.7 Å². The van der Waals surface area contributed by atoms with Crippen LogP contribution in [0.5, 0.6) is 0 Å². The molecule has 0 aliphatic carbocycles. The summed E-state index contributed by atoms with van der Waals surface area (Å²) in [5, 5.41) is 0. The summed E-state index contributed by atoms with van der Waals surface area (Å²) in [5.74, 6) is -0.196. The van der Waals surface area contributed by atoms with E-state index in [1.54, 1.807) is 0 Å². The second kappa shape index (κ2) is 6.17. The molecule has 0 aromatic heterocycles.